The lowest BCUT2D eigenvalue weighted by atomic mass is 10.2. The number of amides is 1. The predicted molar refractivity (Wildman–Crippen MR) is 75.5 cm³/mol. The van der Waals surface area contributed by atoms with E-state index in [1.165, 1.54) is 6.92 Å². The van der Waals surface area contributed by atoms with Crippen LogP contribution in [-0.4, -0.2) is 15.9 Å². The molecular formula is C14H16N4O. The van der Waals surface area contributed by atoms with E-state index >= 15 is 0 Å². The SMILES string of the molecule is CC(=O)Nc1ccc(Nc2cc(C)nc(C)n2)cc1. The number of nitrogens with zero attached hydrogens (tertiary/aromatic N) is 2. The fourth-order valence-corrected chi connectivity index (χ4v) is 1.77. The number of hydrogen-bond donors (Lipinski definition) is 2. The summed E-state index contributed by atoms with van der Waals surface area (Å²) in [6.07, 6.45) is 0. The molecule has 0 aliphatic carbocycles. The number of carbonyl (C=O) groups is 1. The highest BCUT2D eigenvalue weighted by atomic mass is 16.1. The van der Waals surface area contributed by atoms with Gasteiger partial charge in [-0.15, -0.1) is 0 Å². The molecule has 0 bridgehead atoms. The topological polar surface area (TPSA) is 66.9 Å². The van der Waals surface area contributed by atoms with Crippen LogP contribution in [0.15, 0.2) is 30.3 Å². The molecule has 0 saturated heterocycles. The van der Waals surface area contributed by atoms with Gasteiger partial charge in [-0.3, -0.25) is 4.79 Å². The summed E-state index contributed by atoms with van der Waals surface area (Å²) in [5, 5.41) is 5.92. The van der Waals surface area contributed by atoms with Crippen molar-refractivity contribution in [2.75, 3.05) is 10.6 Å². The van der Waals surface area contributed by atoms with E-state index in [1.54, 1.807) is 0 Å². The van der Waals surface area contributed by atoms with Gasteiger partial charge in [0.2, 0.25) is 5.91 Å². The van der Waals surface area contributed by atoms with Crippen LogP contribution in [0.25, 0.3) is 0 Å². The zero-order valence-corrected chi connectivity index (χ0v) is 11.2. The Labute approximate surface area is 112 Å². The zero-order chi connectivity index (χ0) is 13.8. The first kappa shape index (κ1) is 13.0. The second-order valence-corrected chi connectivity index (χ2v) is 4.33. The quantitative estimate of drug-likeness (QED) is 0.886. The number of hydrogen-bond acceptors (Lipinski definition) is 4. The molecule has 1 aromatic carbocycles. The lowest BCUT2D eigenvalue weighted by Gasteiger charge is -2.08. The largest absolute Gasteiger partial charge is 0.340 e. The van der Waals surface area contributed by atoms with E-state index in [0.29, 0.717) is 0 Å². The molecule has 1 heterocycles. The van der Waals surface area contributed by atoms with Gasteiger partial charge in [0.25, 0.3) is 0 Å². The van der Waals surface area contributed by atoms with Gasteiger partial charge in [-0.1, -0.05) is 0 Å². The molecule has 0 spiro atoms. The van der Waals surface area contributed by atoms with Gasteiger partial charge in [-0.05, 0) is 38.1 Å². The molecule has 0 aliphatic heterocycles. The molecule has 2 rings (SSSR count). The molecule has 5 heteroatoms. The van der Waals surface area contributed by atoms with E-state index in [1.807, 2.05) is 44.2 Å². The molecule has 19 heavy (non-hydrogen) atoms. The molecule has 1 amide bonds. The van der Waals surface area contributed by atoms with Gasteiger partial charge in [0.1, 0.15) is 11.6 Å². The second-order valence-electron chi connectivity index (χ2n) is 4.33. The van der Waals surface area contributed by atoms with Gasteiger partial charge in [0.15, 0.2) is 0 Å². The second kappa shape index (κ2) is 5.48. The molecule has 0 radical (unpaired) electrons. The van der Waals surface area contributed by atoms with Crippen LogP contribution >= 0.6 is 0 Å². The molecule has 0 unspecified atom stereocenters. The first-order chi connectivity index (χ1) is 9.02. The summed E-state index contributed by atoms with van der Waals surface area (Å²) in [5.74, 6) is 1.41. The van der Waals surface area contributed by atoms with E-state index in [4.69, 9.17) is 0 Å². The summed E-state index contributed by atoms with van der Waals surface area (Å²) < 4.78 is 0. The van der Waals surface area contributed by atoms with Gasteiger partial charge in [0.05, 0.1) is 0 Å². The van der Waals surface area contributed by atoms with Crippen molar-refractivity contribution in [3.8, 4) is 0 Å². The Bertz CT molecular complexity index is 573. The van der Waals surface area contributed by atoms with E-state index < -0.39 is 0 Å². The summed E-state index contributed by atoms with van der Waals surface area (Å²) in [7, 11) is 0. The van der Waals surface area contributed by atoms with Crippen molar-refractivity contribution in [1.82, 2.24) is 9.97 Å². The minimum atomic E-state index is -0.0808. The molecule has 2 aromatic rings. The van der Waals surface area contributed by atoms with E-state index in [-0.39, 0.29) is 5.91 Å². The average molecular weight is 256 g/mol. The highest BCUT2D eigenvalue weighted by molar-refractivity contribution is 5.88. The Balaban J connectivity index is 2.12. The van der Waals surface area contributed by atoms with Crippen LogP contribution in [0.5, 0.6) is 0 Å². The van der Waals surface area contributed by atoms with Crippen LogP contribution < -0.4 is 10.6 Å². The summed E-state index contributed by atoms with van der Waals surface area (Å²) in [6.45, 7) is 5.27. The van der Waals surface area contributed by atoms with Crippen LogP contribution in [0.4, 0.5) is 17.2 Å². The molecule has 1 aromatic heterocycles. The molecule has 0 saturated carbocycles. The number of carbonyl (C=O) groups excluding carboxylic acids is 1. The third-order valence-corrected chi connectivity index (χ3v) is 2.44. The molecular weight excluding hydrogens is 240 g/mol. The average Bonchev–Trinajstić information content (AvgIpc) is 2.29. The van der Waals surface area contributed by atoms with Crippen LogP contribution in [0.1, 0.15) is 18.4 Å². The van der Waals surface area contributed by atoms with Crippen molar-refractivity contribution >= 4 is 23.1 Å². The lowest BCUT2D eigenvalue weighted by molar-refractivity contribution is -0.114. The highest BCUT2D eigenvalue weighted by Crippen LogP contribution is 2.18. The maximum absolute atomic E-state index is 10.9. The van der Waals surface area contributed by atoms with Crippen LogP contribution in [0.2, 0.25) is 0 Å². The van der Waals surface area contributed by atoms with Gasteiger partial charge in [-0.2, -0.15) is 0 Å². The number of nitrogens with one attached hydrogen (secondary N) is 2. The minimum Gasteiger partial charge on any atom is -0.340 e. The Morgan fingerprint density at radius 1 is 1.05 bits per heavy atom. The van der Waals surface area contributed by atoms with Gasteiger partial charge in [-0.25, -0.2) is 9.97 Å². The zero-order valence-electron chi connectivity index (χ0n) is 11.2. The molecule has 2 N–H and O–H groups in total. The Morgan fingerprint density at radius 3 is 2.26 bits per heavy atom. The molecule has 98 valence electrons. The Hall–Kier alpha value is -2.43. The number of benzene rings is 1. The number of aryl methyl sites for hydroxylation is 2. The maximum atomic E-state index is 10.9. The first-order valence-corrected chi connectivity index (χ1v) is 6.00. The molecule has 5 nitrogen and oxygen atoms in total. The van der Waals surface area contributed by atoms with Crippen molar-refractivity contribution in [2.24, 2.45) is 0 Å². The van der Waals surface area contributed by atoms with Crippen molar-refractivity contribution in [3.63, 3.8) is 0 Å². The fourth-order valence-electron chi connectivity index (χ4n) is 1.77. The summed E-state index contributed by atoms with van der Waals surface area (Å²) in [6, 6.07) is 9.33. The standard InChI is InChI=1S/C14H16N4O/c1-9-8-14(16-10(2)15-9)18-13-6-4-12(5-7-13)17-11(3)19/h4-8H,1-3H3,(H,17,19)(H,15,16,18). The first-order valence-electron chi connectivity index (χ1n) is 6.00. The third kappa shape index (κ3) is 3.77. The normalized spacial score (nSPS) is 10.1. The third-order valence-electron chi connectivity index (χ3n) is 2.44. The predicted octanol–water partition coefficient (Wildman–Crippen LogP) is 2.80. The molecule has 0 fully saturated rings. The smallest absolute Gasteiger partial charge is 0.221 e. The van der Waals surface area contributed by atoms with Gasteiger partial charge >= 0.3 is 0 Å². The molecule has 0 aliphatic rings. The van der Waals surface area contributed by atoms with Crippen molar-refractivity contribution in [2.45, 2.75) is 20.8 Å². The summed E-state index contributed by atoms with van der Waals surface area (Å²) in [5.41, 5.74) is 2.60. The van der Waals surface area contributed by atoms with Gasteiger partial charge < -0.3 is 10.6 Å². The number of aromatic nitrogens is 2. The van der Waals surface area contributed by atoms with Crippen LogP contribution in [0, 0.1) is 13.8 Å². The highest BCUT2D eigenvalue weighted by Gasteiger charge is 2.00. The van der Waals surface area contributed by atoms with Gasteiger partial charge in [0, 0.05) is 30.1 Å². The molecule has 0 atom stereocenters. The monoisotopic (exact) mass is 256 g/mol. The van der Waals surface area contributed by atoms with E-state index in [0.717, 1.165) is 28.7 Å². The van der Waals surface area contributed by atoms with Crippen molar-refractivity contribution in [3.05, 3.63) is 41.9 Å². The summed E-state index contributed by atoms with van der Waals surface area (Å²) in [4.78, 5) is 19.5. The van der Waals surface area contributed by atoms with Crippen LogP contribution in [-0.2, 0) is 4.79 Å². The fraction of sp³-hybridized carbons (Fsp3) is 0.214. The minimum absolute atomic E-state index is 0.0808. The van der Waals surface area contributed by atoms with Crippen molar-refractivity contribution in [1.29, 1.82) is 0 Å². The lowest BCUT2D eigenvalue weighted by Crippen LogP contribution is -2.05. The van der Waals surface area contributed by atoms with E-state index in [2.05, 4.69) is 20.6 Å². The number of rotatable bonds is 3. The van der Waals surface area contributed by atoms with E-state index in [9.17, 15) is 4.79 Å². The summed E-state index contributed by atoms with van der Waals surface area (Å²) >= 11 is 0. The maximum Gasteiger partial charge on any atom is 0.221 e. The Morgan fingerprint density at radius 2 is 1.68 bits per heavy atom. The van der Waals surface area contributed by atoms with Crippen molar-refractivity contribution < 1.29 is 4.79 Å². The Kier molecular flexibility index (Phi) is 3.75. The van der Waals surface area contributed by atoms with Crippen LogP contribution in [0.3, 0.4) is 0 Å². The number of anilines is 3.